The van der Waals surface area contributed by atoms with Crippen molar-refractivity contribution >= 4 is 11.8 Å². The summed E-state index contributed by atoms with van der Waals surface area (Å²) in [6, 6.07) is 3.69. The van der Waals surface area contributed by atoms with Crippen LogP contribution in [-0.4, -0.2) is 35.1 Å². The van der Waals surface area contributed by atoms with Crippen LogP contribution in [0.15, 0.2) is 18.2 Å². The molecule has 92 valence electrons. The topological polar surface area (TPSA) is 98.7 Å². The molecule has 6 heteroatoms. The second-order valence-corrected chi connectivity index (χ2v) is 3.44. The quantitative estimate of drug-likeness (QED) is 0.437. The number of benzene rings is 1. The van der Waals surface area contributed by atoms with Crippen LogP contribution in [0, 0.1) is 0 Å². The van der Waals surface area contributed by atoms with Crippen molar-refractivity contribution in [3.05, 3.63) is 23.8 Å². The van der Waals surface area contributed by atoms with Crippen LogP contribution in [0.1, 0.15) is 17.3 Å². The Labute approximate surface area is 98.3 Å². The predicted octanol–water partition coefficient (Wildman–Crippen LogP) is -0.0363. The Kier molecular flexibility index (Phi) is 4.33. The summed E-state index contributed by atoms with van der Waals surface area (Å²) in [7, 11) is 0. The number of nitrogens with one attached hydrogen (secondary N) is 2. The summed E-state index contributed by atoms with van der Waals surface area (Å²) in [6.07, 6.45) is 0. The van der Waals surface area contributed by atoms with Gasteiger partial charge in [0.2, 0.25) is 5.91 Å². The third-order valence-electron chi connectivity index (χ3n) is 2.01. The zero-order chi connectivity index (χ0) is 12.8. The Morgan fingerprint density at radius 2 is 1.82 bits per heavy atom. The molecule has 4 N–H and O–H groups in total. The van der Waals surface area contributed by atoms with E-state index in [1.54, 1.807) is 0 Å². The van der Waals surface area contributed by atoms with Crippen molar-refractivity contribution in [2.24, 2.45) is 0 Å². The van der Waals surface area contributed by atoms with Gasteiger partial charge in [0.15, 0.2) is 0 Å². The number of rotatable bonds is 4. The molecule has 0 saturated heterocycles. The predicted molar refractivity (Wildman–Crippen MR) is 60.8 cm³/mol. The first-order valence-electron chi connectivity index (χ1n) is 5.05. The molecule has 0 heterocycles. The van der Waals surface area contributed by atoms with Gasteiger partial charge >= 0.3 is 0 Å². The molecule has 1 aromatic rings. The Morgan fingerprint density at radius 3 is 2.47 bits per heavy atom. The van der Waals surface area contributed by atoms with E-state index >= 15 is 0 Å². The average molecular weight is 238 g/mol. The SMILES string of the molecule is CC(=O)NCCNC(=O)c1cc(O)ccc1O. The molecule has 0 saturated carbocycles. The van der Waals surface area contributed by atoms with Gasteiger partial charge in [0, 0.05) is 20.0 Å². The molecule has 0 aliphatic carbocycles. The molecule has 6 nitrogen and oxygen atoms in total. The van der Waals surface area contributed by atoms with Gasteiger partial charge in [0.1, 0.15) is 11.5 Å². The zero-order valence-electron chi connectivity index (χ0n) is 9.36. The van der Waals surface area contributed by atoms with Crippen LogP contribution in [0.4, 0.5) is 0 Å². The fourth-order valence-corrected chi connectivity index (χ4v) is 1.22. The normalized spacial score (nSPS) is 9.71. The van der Waals surface area contributed by atoms with E-state index in [-0.39, 0.29) is 29.5 Å². The summed E-state index contributed by atoms with van der Waals surface area (Å²) in [4.78, 5) is 22.1. The fraction of sp³-hybridized carbons (Fsp3) is 0.273. The van der Waals surface area contributed by atoms with Crippen molar-refractivity contribution in [3.8, 4) is 11.5 Å². The number of phenolic OH excluding ortho intramolecular Hbond substituents is 2. The van der Waals surface area contributed by atoms with Gasteiger partial charge in [-0.3, -0.25) is 9.59 Å². The van der Waals surface area contributed by atoms with Crippen molar-refractivity contribution in [1.82, 2.24) is 10.6 Å². The van der Waals surface area contributed by atoms with Gasteiger partial charge in [0.25, 0.3) is 5.91 Å². The van der Waals surface area contributed by atoms with Crippen molar-refractivity contribution in [1.29, 1.82) is 0 Å². The Morgan fingerprint density at radius 1 is 1.18 bits per heavy atom. The molecule has 0 atom stereocenters. The first kappa shape index (κ1) is 12.8. The van der Waals surface area contributed by atoms with Crippen LogP contribution in [0.2, 0.25) is 0 Å². The first-order valence-corrected chi connectivity index (χ1v) is 5.05. The average Bonchev–Trinajstić information content (AvgIpc) is 2.27. The molecule has 1 rings (SSSR count). The van der Waals surface area contributed by atoms with E-state index in [4.69, 9.17) is 0 Å². The molecular weight excluding hydrogens is 224 g/mol. The standard InChI is InChI=1S/C11H14N2O4/c1-7(14)12-4-5-13-11(17)9-6-8(15)2-3-10(9)16/h2-3,6,15-16H,4-5H2,1H3,(H,12,14)(H,13,17). The van der Waals surface area contributed by atoms with Gasteiger partial charge in [-0.15, -0.1) is 0 Å². The number of phenols is 2. The lowest BCUT2D eigenvalue weighted by Crippen LogP contribution is -2.33. The van der Waals surface area contributed by atoms with Crippen LogP contribution < -0.4 is 10.6 Å². The molecular formula is C11H14N2O4. The summed E-state index contributed by atoms with van der Waals surface area (Å²) in [5.41, 5.74) is -0.00664. The zero-order valence-corrected chi connectivity index (χ0v) is 9.36. The highest BCUT2D eigenvalue weighted by atomic mass is 16.3. The van der Waals surface area contributed by atoms with Gasteiger partial charge in [0.05, 0.1) is 5.56 Å². The van der Waals surface area contributed by atoms with Gasteiger partial charge in [-0.2, -0.15) is 0 Å². The molecule has 17 heavy (non-hydrogen) atoms. The highest BCUT2D eigenvalue weighted by Crippen LogP contribution is 2.21. The molecule has 0 unspecified atom stereocenters. The summed E-state index contributed by atoms with van der Waals surface area (Å²) in [6.45, 7) is 1.93. The first-order chi connectivity index (χ1) is 8.00. The second kappa shape index (κ2) is 5.74. The maximum absolute atomic E-state index is 11.6. The highest BCUT2D eigenvalue weighted by Gasteiger charge is 2.11. The van der Waals surface area contributed by atoms with Crippen LogP contribution in [-0.2, 0) is 4.79 Å². The molecule has 0 radical (unpaired) electrons. The summed E-state index contributed by atoms with van der Waals surface area (Å²) in [5.74, 6) is -1.00. The molecule has 1 aromatic carbocycles. The highest BCUT2D eigenvalue weighted by molar-refractivity contribution is 5.97. The van der Waals surface area contributed by atoms with Crippen molar-refractivity contribution in [2.45, 2.75) is 6.92 Å². The van der Waals surface area contributed by atoms with Crippen molar-refractivity contribution in [3.63, 3.8) is 0 Å². The van der Waals surface area contributed by atoms with E-state index in [2.05, 4.69) is 10.6 Å². The molecule has 0 spiro atoms. The summed E-state index contributed by atoms with van der Waals surface area (Å²) < 4.78 is 0. The number of aromatic hydroxyl groups is 2. The van der Waals surface area contributed by atoms with Crippen molar-refractivity contribution in [2.75, 3.05) is 13.1 Å². The lowest BCUT2D eigenvalue weighted by Gasteiger charge is -2.07. The minimum Gasteiger partial charge on any atom is -0.508 e. The third kappa shape index (κ3) is 4.02. The van der Waals surface area contributed by atoms with E-state index in [9.17, 15) is 19.8 Å². The molecule has 0 fully saturated rings. The van der Waals surface area contributed by atoms with Crippen LogP contribution in [0.3, 0.4) is 0 Å². The summed E-state index contributed by atoms with van der Waals surface area (Å²) in [5, 5.41) is 23.6. The van der Waals surface area contributed by atoms with E-state index in [1.165, 1.54) is 25.1 Å². The minimum atomic E-state index is -0.510. The van der Waals surface area contributed by atoms with Crippen LogP contribution >= 0.6 is 0 Å². The van der Waals surface area contributed by atoms with Gasteiger partial charge in [-0.05, 0) is 18.2 Å². The smallest absolute Gasteiger partial charge is 0.255 e. The largest absolute Gasteiger partial charge is 0.508 e. The molecule has 0 aromatic heterocycles. The van der Waals surface area contributed by atoms with Gasteiger partial charge in [-0.1, -0.05) is 0 Å². The molecule has 2 amide bonds. The third-order valence-corrected chi connectivity index (χ3v) is 2.01. The summed E-state index contributed by atoms with van der Waals surface area (Å²) >= 11 is 0. The van der Waals surface area contributed by atoms with E-state index in [0.29, 0.717) is 6.54 Å². The Hall–Kier alpha value is -2.24. The minimum absolute atomic E-state index is 0.00664. The monoisotopic (exact) mass is 238 g/mol. The molecule has 0 aliphatic heterocycles. The Bertz CT molecular complexity index is 431. The second-order valence-electron chi connectivity index (χ2n) is 3.44. The number of amides is 2. The van der Waals surface area contributed by atoms with Crippen LogP contribution in [0.25, 0.3) is 0 Å². The molecule has 0 aliphatic rings. The van der Waals surface area contributed by atoms with E-state index < -0.39 is 5.91 Å². The number of hydrogen-bond acceptors (Lipinski definition) is 4. The van der Waals surface area contributed by atoms with E-state index in [0.717, 1.165) is 0 Å². The lowest BCUT2D eigenvalue weighted by molar-refractivity contribution is -0.118. The van der Waals surface area contributed by atoms with Crippen molar-refractivity contribution < 1.29 is 19.8 Å². The Balaban J connectivity index is 2.52. The van der Waals surface area contributed by atoms with E-state index in [1.807, 2.05) is 0 Å². The number of hydrogen-bond donors (Lipinski definition) is 4. The number of carbonyl (C=O) groups excluding carboxylic acids is 2. The maximum Gasteiger partial charge on any atom is 0.255 e. The fourth-order valence-electron chi connectivity index (χ4n) is 1.22. The maximum atomic E-state index is 11.6. The van der Waals surface area contributed by atoms with Gasteiger partial charge in [-0.25, -0.2) is 0 Å². The van der Waals surface area contributed by atoms with Crippen LogP contribution in [0.5, 0.6) is 11.5 Å². The van der Waals surface area contributed by atoms with Gasteiger partial charge < -0.3 is 20.8 Å². The number of carbonyl (C=O) groups is 2. The lowest BCUT2D eigenvalue weighted by atomic mass is 10.2. The molecule has 0 bridgehead atoms.